The van der Waals surface area contributed by atoms with Gasteiger partial charge in [-0.15, -0.1) is 0 Å². The van der Waals surface area contributed by atoms with Crippen LogP contribution < -0.4 is 5.32 Å². The van der Waals surface area contributed by atoms with Gasteiger partial charge in [-0.1, -0.05) is 30.3 Å². The lowest BCUT2D eigenvalue weighted by molar-refractivity contribution is -0.0363. The van der Waals surface area contributed by atoms with E-state index in [1.165, 1.54) is 5.56 Å². The molecule has 0 aliphatic carbocycles. The van der Waals surface area contributed by atoms with E-state index < -0.39 is 0 Å². The van der Waals surface area contributed by atoms with Gasteiger partial charge in [-0.05, 0) is 39.8 Å². The van der Waals surface area contributed by atoms with E-state index in [4.69, 9.17) is 4.74 Å². The highest BCUT2D eigenvalue weighted by Gasteiger charge is 2.28. The first-order valence-electron chi connectivity index (χ1n) is 5.95. The van der Waals surface area contributed by atoms with Crippen LogP contribution in [-0.4, -0.2) is 25.3 Å². The van der Waals surface area contributed by atoms with Crippen LogP contribution in [0.5, 0.6) is 0 Å². The Morgan fingerprint density at radius 2 is 1.88 bits per heavy atom. The van der Waals surface area contributed by atoms with Crippen molar-refractivity contribution in [3.05, 3.63) is 35.9 Å². The SMILES string of the molecule is CCOC(C)(C)C(Cc1ccccc1)NC. The van der Waals surface area contributed by atoms with Crippen molar-refractivity contribution >= 4 is 0 Å². The Balaban J connectivity index is 2.69. The Hall–Kier alpha value is -0.860. The van der Waals surface area contributed by atoms with Gasteiger partial charge in [-0.2, -0.15) is 0 Å². The molecule has 1 N–H and O–H groups in total. The van der Waals surface area contributed by atoms with E-state index in [2.05, 4.69) is 43.4 Å². The molecule has 0 amide bonds. The molecule has 1 aromatic carbocycles. The zero-order valence-electron chi connectivity index (χ0n) is 10.8. The maximum atomic E-state index is 5.79. The zero-order chi connectivity index (χ0) is 12.0. The van der Waals surface area contributed by atoms with E-state index >= 15 is 0 Å². The second-order valence-electron chi connectivity index (χ2n) is 4.57. The number of rotatable bonds is 6. The number of ether oxygens (including phenoxy) is 1. The van der Waals surface area contributed by atoms with E-state index in [9.17, 15) is 0 Å². The van der Waals surface area contributed by atoms with Crippen LogP contribution in [0.15, 0.2) is 30.3 Å². The molecular formula is C14H23NO. The first-order chi connectivity index (χ1) is 7.60. The number of nitrogens with one attached hydrogen (secondary N) is 1. The average molecular weight is 221 g/mol. The van der Waals surface area contributed by atoms with Crippen molar-refractivity contribution < 1.29 is 4.74 Å². The average Bonchev–Trinajstić information content (AvgIpc) is 2.27. The Bertz CT molecular complexity index is 295. The number of benzene rings is 1. The van der Waals surface area contributed by atoms with Crippen molar-refractivity contribution in [2.24, 2.45) is 0 Å². The Labute approximate surface area is 99.0 Å². The van der Waals surface area contributed by atoms with E-state index in [-0.39, 0.29) is 5.60 Å². The van der Waals surface area contributed by atoms with Gasteiger partial charge in [0.15, 0.2) is 0 Å². The van der Waals surface area contributed by atoms with Crippen LogP contribution in [-0.2, 0) is 11.2 Å². The summed E-state index contributed by atoms with van der Waals surface area (Å²) >= 11 is 0. The molecule has 0 fully saturated rings. The third kappa shape index (κ3) is 3.62. The molecule has 0 aromatic heterocycles. The van der Waals surface area contributed by atoms with Crippen molar-refractivity contribution in [3.63, 3.8) is 0 Å². The zero-order valence-corrected chi connectivity index (χ0v) is 10.8. The Kier molecular flexibility index (Phi) is 4.97. The Morgan fingerprint density at radius 3 is 2.38 bits per heavy atom. The molecule has 2 heteroatoms. The lowest BCUT2D eigenvalue weighted by atomic mass is 9.92. The molecule has 0 aliphatic heterocycles. The molecule has 90 valence electrons. The van der Waals surface area contributed by atoms with Gasteiger partial charge >= 0.3 is 0 Å². The summed E-state index contributed by atoms with van der Waals surface area (Å²) in [5.41, 5.74) is 1.20. The second-order valence-corrected chi connectivity index (χ2v) is 4.57. The highest BCUT2D eigenvalue weighted by Crippen LogP contribution is 2.18. The van der Waals surface area contributed by atoms with Gasteiger partial charge in [0.1, 0.15) is 0 Å². The summed E-state index contributed by atoms with van der Waals surface area (Å²) in [4.78, 5) is 0. The molecule has 2 nitrogen and oxygen atoms in total. The summed E-state index contributed by atoms with van der Waals surface area (Å²) in [6.07, 6.45) is 0.990. The molecule has 0 bridgehead atoms. The van der Waals surface area contributed by atoms with Crippen LogP contribution in [0.3, 0.4) is 0 Å². The van der Waals surface area contributed by atoms with Crippen molar-refractivity contribution in [3.8, 4) is 0 Å². The predicted molar refractivity (Wildman–Crippen MR) is 68.7 cm³/mol. The standard InChI is InChI=1S/C14H23NO/c1-5-16-14(2,3)13(15-4)11-12-9-7-6-8-10-12/h6-10,13,15H,5,11H2,1-4H3. The fraction of sp³-hybridized carbons (Fsp3) is 0.571. The molecular weight excluding hydrogens is 198 g/mol. The summed E-state index contributed by atoms with van der Waals surface area (Å²) < 4.78 is 5.79. The van der Waals surface area contributed by atoms with Crippen molar-refractivity contribution in [2.75, 3.05) is 13.7 Å². The largest absolute Gasteiger partial charge is 0.374 e. The van der Waals surface area contributed by atoms with E-state index in [0.717, 1.165) is 13.0 Å². The number of hydrogen-bond donors (Lipinski definition) is 1. The molecule has 1 unspecified atom stereocenters. The predicted octanol–water partition coefficient (Wildman–Crippen LogP) is 2.63. The summed E-state index contributed by atoms with van der Waals surface area (Å²) in [7, 11) is 1.99. The quantitative estimate of drug-likeness (QED) is 0.797. The van der Waals surface area contributed by atoms with Crippen LogP contribution in [0.25, 0.3) is 0 Å². The minimum Gasteiger partial charge on any atom is -0.374 e. The Morgan fingerprint density at radius 1 is 1.25 bits per heavy atom. The normalized spacial score (nSPS) is 13.8. The third-order valence-electron chi connectivity index (χ3n) is 2.99. The molecule has 0 saturated carbocycles. The lowest BCUT2D eigenvalue weighted by Crippen LogP contribution is -2.48. The fourth-order valence-corrected chi connectivity index (χ4v) is 2.02. The van der Waals surface area contributed by atoms with Gasteiger partial charge in [0.25, 0.3) is 0 Å². The van der Waals surface area contributed by atoms with Gasteiger partial charge in [-0.3, -0.25) is 0 Å². The van der Waals surface area contributed by atoms with Gasteiger partial charge in [0.05, 0.1) is 5.60 Å². The van der Waals surface area contributed by atoms with Crippen LogP contribution in [0.2, 0.25) is 0 Å². The highest BCUT2D eigenvalue weighted by atomic mass is 16.5. The molecule has 0 aliphatic rings. The maximum Gasteiger partial charge on any atom is 0.0781 e. The van der Waals surface area contributed by atoms with E-state index in [0.29, 0.717) is 6.04 Å². The van der Waals surface area contributed by atoms with Crippen LogP contribution in [0, 0.1) is 0 Å². The topological polar surface area (TPSA) is 21.3 Å². The van der Waals surface area contributed by atoms with Gasteiger partial charge in [-0.25, -0.2) is 0 Å². The molecule has 1 rings (SSSR count). The van der Waals surface area contributed by atoms with Crippen LogP contribution in [0.1, 0.15) is 26.3 Å². The minimum absolute atomic E-state index is 0.140. The van der Waals surface area contributed by atoms with Gasteiger partial charge in [0, 0.05) is 12.6 Å². The second kappa shape index (κ2) is 6.02. The smallest absolute Gasteiger partial charge is 0.0781 e. The van der Waals surface area contributed by atoms with Crippen molar-refractivity contribution in [1.29, 1.82) is 0 Å². The molecule has 16 heavy (non-hydrogen) atoms. The van der Waals surface area contributed by atoms with E-state index in [1.54, 1.807) is 0 Å². The highest BCUT2D eigenvalue weighted by molar-refractivity contribution is 5.16. The van der Waals surface area contributed by atoms with Gasteiger partial charge < -0.3 is 10.1 Å². The first-order valence-corrected chi connectivity index (χ1v) is 5.95. The van der Waals surface area contributed by atoms with Crippen molar-refractivity contribution in [2.45, 2.75) is 38.8 Å². The monoisotopic (exact) mass is 221 g/mol. The number of likely N-dealkylation sites (N-methyl/N-ethyl adjacent to an activating group) is 1. The first kappa shape index (κ1) is 13.2. The molecule has 0 saturated heterocycles. The van der Waals surface area contributed by atoms with Crippen LogP contribution in [0.4, 0.5) is 0 Å². The molecule has 0 radical (unpaired) electrons. The minimum atomic E-state index is -0.140. The van der Waals surface area contributed by atoms with Crippen molar-refractivity contribution in [1.82, 2.24) is 5.32 Å². The summed E-state index contributed by atoms with van der Waals surface area (Å²) in [5.74, 6) is 0. The van der Waals surface area contributed by atoms with E-state index in [1.807, 2.05) is 20.0 Å². The van der Waals surface area contributed by atoms with Gasteiger partial charge in [0.2, 0.25) is 0 Å². The van der Waals surface area contributed by atoms with Crippen LogP contribution >= 0.6 is 0 Å². The third-order valence-corrected chi connectivity index (χ3v) is 2.99. The summed E-state index contributed by atoms with van der Waals surface area (Å²) in [6.45, 7) is 7.07. The fourth-order valence-electron chi connectivity index (χ4n) is 2.02. The molecule has 1 aromatic rings. The summed E-state index contributed by atoms with van der Waals surface area (Å²) in [5, 5.41) is 3.35. The lowest BCUT2D eigenvalue weighted by Gasteiger charge is -2.34. The molecule has 0 heterocycles. The maximum absolute atomic E-state index is 5.79. The molecule has 0 spiro atoms. The summed E-state index contributed by atoms with van der Waals surface area (Å²) in [6, 6.07) is 10.9. The number of hydrogen-bond acceptors (Lipinski definition) is 2. The molecule has 1 atom stereocenters.